The predicted octanol–water partition coefficient (Wildman–Crippen LogP) is 2.08. The van der Waals surface area contributed by atoms with Gasteiger partial charge in [-0.15, -0.1) is 0 Å². The number of hydrogen-bond acceptors (Lipinski definition) is 4. The first-order chi connectivity index (χ1) is 13.1. The monoisotopic (exact) mass is 364 g/mol. The molecule has 0 spiro atoms. The Kier molecular flexibility index (Phi) is 4.50. The number of H-pyrrole nitrogens is 1. The number of carbonyl (C=O) groups excluding carboxylic acids is 1. The third-order valence-electron chi connectivity index (χ3n) is 4.77. The van der Waals surface area contributed by atoms with E-state index in [9.17, 15) is 14.4 Å². The van der Waals surface area contributed by atoms with Crippen LogP contribution in [0.4, 0.5) is 11.4 Å². The molecule has 4 rings (SSSR count). The molecule has 1 aliphatic heterocycles. The molecule has 3 aromatic rings. The van der Waals surface area contributed by atoms with Gasteiger partial charge in [-0.05, 0) is 48.7 Å². The van der Waals surface area contributed by atoms with Gasteiger partial charge in [0, 0.05) is 24.3 Å². The number of amides is 1. The molecule has 1 aliphatic rings. The van der Waals surface area contributed by atoms with Crippen molar-refractivity contribution in [2.24, 2.45) is 0 Å². The molecule has 0 aliphatic carbocycles. The zero-order valence-corrected chi connectivity index (χ0v) is 14.7. The Labute approximate surface area is 155 Å². The van der Waals surface area contributed by atoms with Crippen molar-refractivity contribution >= 4 is 28.1 Å². The summed E-state index contributed by atoms with van der Waals surface area (Å²) < 4.78 is 1.20. The Hall–Kier alpha value is -3.35. The summed E-state index contributed by atoms with van der Waals surface area (Å²) in [5, 5.41) is 9.43. The molecule has 0 unspecified atom stereocenters. The number of aryl methyl sites for hydroxylation is 2. The first kappa shape index (κ1) is 17.1. The summed E-state index contributed by atoms with van der Waals surface area (Å²) in [6.07, 6.45) is 2.14. The number of aromatic amines is 1. The van der Waals surface area contributed by atoms with Gasteiger partial charge >= 0.3 is 0 Å². The third-order valence-corrected chi connectivity index (χ3v) is 4.77. The van der Waals surface area contributed by atoms with E-state index in [0.717, 1.165) is 30.8 Å². The van der Waals surface area contributed by atoms with E-state index in [2.05, 4.69) is 15.7 Å². The van der Waals surface area contributed by atoms with Crippen molar-refractivity contribution in [3.05, 3.63) is 68.7 Å². The van der Waals surface area contributed by atoms with Crippen molar-refractivity contribution in [3.63, 3.8) is 0 Å². The maximum absolute atomic E-state index is 12.5. The number of anilines is 2. The van der Waals surface area contributed by atoms with Crippen LogP contribution < -0.4 is 21.8 Å². The number of fused-ring (bicyclic) bond motifs is 2. The third kappa shape index (κ3) is 3.48. The second kappa shape index (κ2) is 7.11. The van der Waals surface area contributed by atoms with Crippen LogP contribution in [0.15, 0.2) is 52.1 Å². The Bertz CT molecular complexity index is 1130. The number of benzene rings is 2. The van der Waals surface area contributed by atoms with Crippen molar-refractivity contribution in [2.45, 2.75) is 25.8 Å². The van der Waals surface area contributed by atoms with Gasteiger partial charge in [-0.3, -0.25) is 19.5 Å². The van der Waals surface area contributed by atoms with E-state index >= 15 is 0 Å². The minimum atomic E-state index is -0.340. The maximum atomic E-state index is 12.5. The van der Waals surface area contributed by atoms with Crippen molar-refractivity contribution in [3.8, 4) is 0 Å². The van der Waals surface area contributed by atoms with Crippen LogP contribution in [0.25, 0.3) is 10.8 Å². The van der Waals surface area contributed by atoms with E-state index in [1.807, 2.05) is 18.2 Å². The fourth-order valence-corrected chi connectivity index (χ4v) is 3.39. The van der Waals surface area contributed by atoms with Gasteiger partial charge in [0.05, 0.1) is 17.3 Å². The van der Waals surface area contributed by atoms with Crippen LogP contribution in [0.3, 0.4) is 0 Å². The number of nitrogens with one attached hydrogen (secondary N) is 3. The average Bonchev–Trinajstić information content (AvgIpc) is 2.69. The molecule has 0 radical (unpaired) electrons. The molecular formula is C20H20N4O3. The average molecular weight is 364 g/mol. The Morgan fingerprint density at radius 2 is 1.93 bits per heavy atom. The SMILES string of the molecule is O=C(CCn1[nH]c(=O)c2ccccc2c1=O)Nc1ccc2c(c1)CCCN2. The Morgan fingerprint density at radius 3 is 2.78 bits per heavy atom. The molecule has 27 heavy (non-hydrogen) atoms. The highest BCUT2D eigenvalue weighted by molar-refractivity contribution is 5.91. The number of carbonyl (C=O) groups is 1. The first-order valence-electron chi connectivity index (χ1n) is 9.00. The molecule has 0 fully saturated rings. The largest absolute Gasteiger partial charge is 0.385 e. The van der Waals surface area contributed by atoms with Crippen LogP contribution in [-0.2, 0) is 17.8 Å². The summed E-state index contributed by atoms with van der Waals surface area (Å²) in [4.78, 5) is 36.8. The molecule has 0 saturated heterocycles. The zero-order valence-electron chi connectivity index (χ0n) is 14.7. The van der Waals surface area contributed by atoms with E-state index in [0.29, 0.717) is 10.8 Å². The van der Waals surface area contributed by atoms with Crippen LogP contribution in [-0.4, -0.2) is 22.2 Å². The number of aromatic nitrogens is 2. The summed E-state index contributed by atoms with van der Waals surface area (Å²) in [7, 11) is 0. The van der Waals surface area contributed by atoms with Gasteiger partial charge in [0.1, 0.15) is 0 Å². The molecule has 1 aromatic heterocycles. The molecule has 2 aromatic carbocycles. The van der Waals surface area contributed by atoms with Crippen molar-refractivity contribution in [1.82, 2.24) is 9.78 Å². The highest BCUT2D eigenvalue weighted by atomic mass is 16.2. The second-order valence-corrected chi connectivity index (χ2v) is 6.64. The lowest BCUT2D eigenvalue weighted by atomic mass is 10.0. The lowest BCUT2D eigenvalue weighted by Crippen LogP contribution is -2.31. The molecular weight excluding hydrogens is 344 g/mol. The van der Waals surface area contributed by atoms with Gasteiger partial charge in [-0.2, -0.15) is 0 Å². The van der Waals surface area contributed by atoms with Crippen LogP contribution >= 0.6 is 0 Å². The minimum Gasteiger partial charge on any atom is -0.385 e. The fourth-order valence-electron chi connectivity index (χ4n) is 3.39. The van der Waals surface area contributed by atoms with Gasteiger partial charge < -0.3 is 10.6 Å². The highest BCUT2D eigenvalue weighted by Gasteiger charge is 2.11. The summed E-state index contributed by atoms with van der Waals surface area (Å²) in [5.41, 5.74) is 2.39. The summed E-state index contributed by atoms with van der Waals surface area (Å²) in [6, 6.07) is 12.5. The zero-order chi connectivity index (χ0) is 18.8. The van der Waals surface area contributed by atoms with Gasteiger partial charge in [0.25, 0.3) is 11.1 Å². The maximum Gasteiger partial charge on any atom is 0.273 e. The predicted molar refractivity (Wildman–Crippen MR) is 105 cm³/mol. The molecule has 138 valence electrons. The van der Waals surface area contributed by atoms with E-state index < -0.39 is 0 Å². The fraction of sp³-hybridized carbons (Fsp3) is 0.250. The Morgan fingerprint density at radius 1 is 1.11 bits per heavy atom. The van der Waals surface area contributed by atoms with E-state index in [4.69, 9.17) is 0 Å². The van der Waals surface area contributed by atoms with Crippen LogP contribution in [0, 0.1) is 0 Å². The summed E-state index contributed by atoms with van der Waals surface area (Å²) in [5.74, 6) is -0.209. The normalized spacial score (nSPS) is 13.0. The van der Waals surface area contributed by atoms with E-state index in [-0.39, 0.29) is 30.0 Å². The van der Waals surface area contributed by atoms with E-state index in [1.54, 1.807) is 24.3 Å². The molecule has 2 heterocycles. The van der Waals surface area contributed by atoms with Crippen LogP contribution in [0.1, 0.15) is 18.4 Å². The van der Waals surface area contributed by atoms with Crippen molar-refractivity contribution in [1.29, 1.82) is 0 Å². The molecule has 3 N–H and O–H groups in total. The second-order valence-electron chi connectivity index (χ2n) is 6.64. The smallest absolute Gasteiger partial charge is 0.273 e. The van der Waals surface area contributed by atoms with E-state index in [1.165, 1.54) is 10.2 Å². The van der Waals surface area contributed by atoms with Crippen LogP contribution in [0.2, 0.25) is 0 Å². The molecule has 0 atom stereocenters. The molecule has 7 nitrogen and oxygen atoms in total. The summed E-state index contributed by atoms with van der Waals surface area (Å²) in [6.45, 7) is 1.08. The summed E-state index contributed by atoms with van der Waals surface area (Å²) >= 11 is 0. The van der Waals surface area contributed by atoms with Gasteiger partial charge in [-0.25, -0.2) is 4.68 Å². The van der Waals surface area contributed by atoms with Crippen molar-refractivity contribution < 1.29 is 4.79 Å². The molecule has 0 bridgehead atoms. The molecule has 0 saturated carbocycles. The van der Waals surface area contributed by atoms with Gasteiger partial charge in [-0.1, -0.05) is 12.1 Å². The number of rotatable bonds is 4. The lowest BCUT2D eigenvalue weighted by molar-refractivity contribution is -0.116. The van der Waals surface area contributed by atoms with Crippen molar-refractivity contribution in [2.75, 3.05) is 17.2 Å². The lowest BCUT2D eigenvalue weighted by Gasteiger charge is -2.18. The molecule has 7 heteroatoms. The standard InChI is InChI=1S/C20H20N4O3/c25-18(22-14-7-8-17-13(12-14)4-3-10-21-17)9-11-24-20(27)16-6-2-1-5-15(16)19(26)23-24/h1-2,5-8,12,21H,3-4,9-11H2,(H,22,25)(H,23,26). The van der Waals surface area contributed by atoms with Gasteiger partial charge in [0.2, 0.25) is 5.91 Å². The number of hydrogen-bond donors (Lipinski definition) is 3. The Balaban J connectivity index is 1.47. The van der Waals surface area contributed by atoms with Crippen LogP contribution in [0.5, 0.6) is 0 Å². The van der Waals surface area contributed by atoms with Gasteiger partial charge in [0.15, 0.2) is 0 Å². The minimum absolute atomic E-state index is 0.0868. The quantitative estimate of drug-likeness (QED) is 0.660. The number of nitrogens with zero attached hydrogens (tertiary/aromatic N) is 1. The molecule has 1 amide bonds. The highest BCUT2D eigenvalue weighted by Crippen LogP contribution is 2.25. The first-order valence-corrected chi connectivity index (χ1v) is 9.00. The topological polar surface area (TPSA) is 96.0 Å².